The van der Waals surface area contributed by atoms with Gasteiger partial charge in [-0.2, -0.15) is 0 Å². The molecule has 1 heterocycles. The van der Waals surface area contributed by atoms with E-state index in [0.717, 1.165) is 50.5 Å². The van der Waals surface area contributed by atoms with Gasteiger partial charge < -0.3 is 14.8 Å². The molecular weight excluding hydrogens is 508 g/mol. The quantitative estimate of drug-likeness (QED) is 0.154. The lowest BCUT2D eigenvalue weighted by atomic mass is 10.1. The lowest BCUT2D eigenvalue weighted by Gasteiger charge is -2.15. The van der Waals surface area contributed by atoms with Crippen LogP contribution in [-0.2, 0) is 29.0 Å². The minimum Gasteiger partial charge on any atom is -0.487 e. The van der Waals surface area contributed by atoms with Gasteiger partial charge in [-0.15, -0.1) is 5.10 Å². The van der Waals surface area contributed by atoms with Crippen molar-refractivity contribution in [2.75, 3.05) is 18.5 Å². The molecule has 1 unspecified atom stereocenters. The maximum atomic E-state index is 13.2. The van der Waals surface area contributed by atoms with Crippen LogP contribution in [0, 0.1) is 0 Å². The van der Waals surface area contributed by atoms with Gasteiger partial charge in [0.1, 0.15) is 18.5 Å². The summed E-state index contributed by atoms with van der Waals surface area (Å²) >= 11 is 0. The molecule has 0 bridgehead atoms. The Hall–Kier alpha value is -3.10. The van der Waals surface area contributed by atoms with Crippen LogP contribution in [0.5, 0.6) is 5.75 Å². The van der Waals surface area contributed by atoms with Crippen molar-refractivity contribution in [3.8, 4) is 5.75 Å². The zero-order valence-electron chi connectivity index (χ0n) is 25.1. The predicted octanol–water partition coefficient (Wildman–Crippen LogP) is 5.72. The second-order valence-corrected chi connectivity index (χ2v) is 10.4. The summed E-state index contributed by atoms with van der Waals surface area (Å²) in [4.78, 5) is 37.6. The van der Waals surface area contributed by atoms with Crippen molar-refractivity contribution in [1.29, 1.82) is 0 Å². The van der Waals surface area contributed by atoms with E-state index in [9.17, 15) is 14.4 Å². The zero-order chi connectivity index (χ0) is 29.2. The van der Waals surface area contributed by atoms with Crippen LogP contribution in [0.15, 0.2) is 33.9 Å². The van der Waals surface area contributed by atoms with Crippen LogP contribution in [0.1, 0.15) is 104 Å². The van der Waals surface area contributed by atoms with Crippen LogP contribution in [-0.4, -0.2) is 39.6 Å². The van der Waals surface area contributed by atoms with E-state index in [1.165, 1.54) is 28.5 Å². The van der Waals surface area contributed by atoms with E-state index >= 15 is 0 Å². The molecule has 40 heavy (non-hydrogen) atoms. The molecule has 0 aliphatic heterocycles. The van der Waals surface area contributed by atoms with E-state index in [-0.39, 0.29) is 35.7 Å². The maximum Gasteiger partial charge on any atom is 0.347 e. The molecule has 0 spiro atoms. The summed E-state index contributed by atoms with van der Waals surface area (Å²) in [7, 11) is 0. The summed E-state index contributed by atoms with van der Waals surface area (Å²) in [5.74, 6) is 0.692. The van der Waals surface area contributed by atoms with Crippen molar-refractivity contribution in [2.45, 2.75) is 124 Å². The highest BCUT2D eigenvalue weighted by Gasteiger charge is 2.13. The lowest BCUT2D eigenvalue weighted by molar-refractivity contribution is -0.145. The number of esters is 1. The van der Waals surface area contributed by atoms with E-state index in [4.69, 9.17) is 9.47 Å². The fourth-order valence-corrected chi connectivity index (χ4v) is 4.39. The normalized spacial score (nSPS) is 11.8. The Morgan fingerprint density at radius 2 is 1.52 bits per heavy atom. The summed E-state index contributed by atoms with van der Waals surface area (Å²) in [5, 5.41) is 7.61. The molecule has 2 rings (SSSR count). The number of hydrogen-bond donors (Lipinski definition) is 1. The Labute approximate surface area is 239 Å². The molecule has 0 radical (unpaired) electrons. The highest BCUT2D eigenvalue weighted by Crippen LogP contribution is 2.15. The fourth-order valence-electron chi connectivity index (χ4n) is 4.39. The summed E-state index contributed by atoms with van der Waals surface area (Å²) < 4.78 is 13.8. The number of nitrogens with zero attached hydrogens (tertiary/aromatic N) is 3. The van der Waals surface area contributed by atoms with Gasteiger partial charge in [0.05, 0.1) is 0 Å². The Morgan fingerprint density at radius 3 is 2.15 bits per heavy atom. The molecule has 0 fully saturated rings. The number of anilines is 1. The third-order valence-corrected chi connectivity index (χ3v) is 6.81. The molecule has 9 heteroatoms. The van der Waals surface area contributed by atoms with E-state index in [0.29, 0.717) is 38.2 Å². The number of carbonyl (C=O) groups excluding carboxylic acids is 1. The van der Waals surface area contributed by atoms with E-state index in [1.54, 1.807) is 6.92 Å². The SMILES string of the molecule is CCCCCCCn1nc(NCCc2ccc(OC(C)COC(=O)CC)cc2)c(=O)n(CCCCCCC)c1=O. The molecular formula is C31H50N4O5. The van der Waals surface area contributed by atoms with E-state index < -0.39 is 0 Å². The van der Waals surface area contributed by atoms with Crippen LogP contribution >= 0.6 is 0 Å². The smallest absolute Gasteiger partial charge is 0.347 e. The van der Waals surface area contributed by atoms with Crippen molar-refractivity contribution in [2.24, 2.45) is 0 Å². The number of aryl methyl sites for hydroxylation is 1. The number of unbranched alkanes of at least 4 members (excludes halogenated alkanes) is 8. The first-order chi connectivity index (χ1) is 19.4. The molecule has 0 saturated carbocycles. The number of rotatable bonds is 21. The molecule has 0 saturated heterocycles. The number of carbonyl (C=O) groups is 1. The average Bonchev–Trinajstić information content (AvgIpc) is 2.95. The van der Waals surface area contributed by atoms with Crippen LogP contribution < -0.4 is 21.3 Å². The summed E-state index contributed by atoms with van der Waals surface area (Å²) in [5.41, 5.74) is 0.422. The van der Waals surface area contributed by atoms with Crippen LogP contribution in [0.4, 0.5) is 5.82 Å². The molecule has 9 nitrogen and oxygen atoms in total. The Morgan fingerprint density at radius 1 is 0.900 bits per heavy atom. The van der Waals surface area contributed by atoms with Gasteiger partial charge in [-0.3, -0.25) is 14.2 Å². The topological polar surface area (TPSA) is 104 Å². The van der Waals surface area contributed by atoms with Crippen LogP contribution in [0.25, 0.3) is 0 Å². The minimum atomic E-state index is -0.343. The van der Waals surface area contributed by atoms with Gasteiger partial charge in [-0.05, 0) is 43.9 Å². The maximum absolute atomic E-state index is 13.2. The Kier molecular flexibility index (Phi) is 15.8. The minimum absolute atomic E-state index is 0.211. The summed E-state index contributed by atoms with van der Waals surface area (Å²) in [6.45, 7) is 9.63. The van der Waals surface area contributed by atoms with Crippen molar-refractivity contribution in [3.63, 3.8) is 0 Å². The van der Waals surface area contributed by atoms with Gasteiger partial charge in [-0.25, -0.2) is 9.48 Å². The van der Waals surface area contributed by atoms with E-state index in [1.807, 2.05) is 31.2 Å². The first-order valence-electron chi connectivity index (χ1n) is 15.3. The number of nitrogens with one attached hydrogen (secondary N) is 1. The van der Waals surface area contributed by atoms with Crippen LogP contribution in [0.3, 0.4) is 0 Å². The number of benzene rings is 1. The van der Waals surface area contributed by atoms with Gasteiger partial charge in [0.15, 0.2) is 0 Å². The summed E-state index contributed by atoms with van der Waals surface area (Å²) in [6, 6.07) is 7.72. The molecule has 1 aromatic heterocycles. The number of hydrogen-bond acceptors (Lipinski definition) is 7. The fraction of sp³-hybridized carbons (Fsp3) is 0.677. The van der Waals surface area contributed by atoms with Gasteiger partial charge in [-0.1, -0.05) is 84.3 Å². The molecule has 1 aromatic carbocycles. The molecule has 0 amide bonds. The van der Waals surface area contributed by atoms with Crippen LogP contribution in [0.2, 0.25) is 0 Å². The van der Waals surface area contributed by atoms with Gasteiger partial charge in [0.25, 0.3) is 5.56 Å². The van der Waals surface area contributed by atoms with Gasteiger partial charge >= 0.3 is 11.7 Å². The average molecular weight is 559 g/mol. The highest BCUT2D eigenvalue weighted by molar-refractivity contribution is 5.68. The standard InChI is InChI=1S/C31H50N4O5/c1-5-8-10-12-14-22-34-30(37)29(33-35(31(34)38)23-15-13-11-9-6-2)32-21-20-26-16-18-27(19-17-26)40-25(4)24-39-28(36)7-3/h16-19,25H,5-15,20-24H2,1-4H3,(H,32,33). The third kappa shape index (κ3) is 12.0. The van der Waals surface area contributed by atoms with E-state index in [2.05, 4.69) is 24.3 Å². The number of aromatic nitrogens is 3. The molecule has 1 N–H and O–H groups in total. The second-order valence-electron chi connectivity index (χ2n) is 10.4. The molecule has 2 aromatic rings. The van der Waals surface area contributed by atoms with Crippen molar-refractivity contribution in [3.05, 3.63) is 50.7 Å². The monoisotopic (exact) mass is 558 g/mol. The third-order valence-electron chi connectivity index (χ3n) is 6.81. The van der Waals surface area contributed by atoms with Gasteiger partial charge in [0, 0.05) is 26.1 Å². The zero-order valence-corrected chi connectivity index (χ0v) is 25.1. The number of ether oxygens (including phenoxy) is 2. The lowest BCUT2D eigenvalue weighted by Crippen LogP contribution is -2.43. The second kappa shape index (κ2) is 19.1. The molecule has 0 aliphatic carbocycles. The highest BCUT2D eigenvalue weighted by atomic mass is 16.6. The van der Waals surface area contributed by atoms with Crippen molar-refractivity contribution < 1.29 is 14.3 Å². The molecule has 0 aliphatic rings. The van der Waals surface area contributed by atoms with Crippen molar-refractivity contribution >= 4 is 11.8 Å². The first-order valence-corrected chi connectivity index (χ1v) is 15.3. The molecule has 1 atom stereocenters. The van der Waals surface area contributed by atoms with Crippen molar-refractivity contribution in [1.82, 2.24) is 14.3 Å². The Balaban J connectivity index is 2.00. The summed E-state index contributed by atoms with van der Waals surface area (Å²) in [6.07, 6.45) is 11.4. The predicted molar refractivity (Wildman–Crippen MR) is 160 cm³/mol. The largest absolute Gasteiger partial charge is 0.487 e. The molecule has 224 valence electrons. The Bertz CT molecular complexity index is 1110. The first kappa shape index (κ1) is 33.1. The van der Waals surface area contributed by atoms with Gasteiger partial charge in [0.2, 0.25) is 5.82 Å².